The maximum atomic E-state index is 6.96. The number of fused-ring (bicyclic) bond motifs is 13. The number of aromatic nitrogens is 2. The first-order chi connectivity index (χ1) is 41.0. The Morgan fingerprint density at radius 1 is 0.424 bits per heavy atom. The van der Waals surface area contributed by atoms with Gasteiger partial charge in [0.05, 0.1) is 33.5 Å². The number of hydrogen-bond acceptors (Lipinski definition) is 5. The molecule has 1 aliphatic carbocycles. The zero-order chi connectivity index (χ0) is 58.1. The minimum atomic E-state index is -0.614. The second-order valence-corrected chi connectivity index (χ2v) is 26.4. The number of nitrogens with zero attached hydrogens (tertiary/aromatic N) is 4. The van der Waals surface area contributed by atoms with Crippen LogP contribution in [0, 0.1) is 0 Å². The molecule has 0 saturated carbocycles. The van der Waals surface area contributed by atoms with E-state index in [0.717, 1.165) is 84.7 Å². The molecule has 6 nitrogen and oxygen atoms in total. The lowest BCUT2D eigenvalue weighted by atomic mass is 9.66. The van der Waals surface area contributed by atoms with Crippen molar-refractivity contribution in [1.82, 2.24) is 9.55 Å². The van der Waals surface area contributed by atoms with E-state index in [1.54, 1.807) is 0 Å². The van der Waals surface area contributed by atoms with Crippen molar-refractivity contribution in [3.63, 3.8) is 0 Å². The number of rotatable bonds is 7. The van der Waals surface area contributed by atoms with E-state index in [-0.39, 0.29) is 16.2 Å². The smallest absolute Gasteiger partial charge is 0.137 e. The average molecular weight is 1110 g/mol. The van der Waals surface area contributed by atoms with Gasteiger partial charge in [-0.15, -0.1) is 0 Å². The maximum Gasteiger partial charge on any atom is 0.137 e. The maximum absolute atomic E-state index is 6.96. The minimum Gasteiger partial charge on any atom is -0.457 e. The van der Waals surface area contributed by atoms with Crippen LogP contribution in [-0.4, -0.2) is 16.2 Å². The lowest BCUT2D eigenvalue weighted by molar-refractivity contribution is 0.436. The molecule has 4 heterocycles. The van der Waals surface area contributed by atoms with E-state index in [0.29, 0.717) is 6.67 Å². The second kappa shape index (κ2) is 19.2. The molecule has 0 bridgehead atoms. The first-order valence-corrected chi connectivity index (χ1v) is 29.9. The molecule has 6 heteroatoms. The van der Waals surface area contributed by atoms with Crippen LogP contribution < -0.4 is 19.3 Å². The molecule has 416 valence electrons. The van der Waals surface area contributed by atoms with Crippen LogP contribution in [0.1, 0.15) is 101 Å². The normalized spacial score (nSPS) is 14.0. The van der Waals surface area contributed by atoms with Crippen molar-refractivity contribution in [1.29, 1.82) is 0 Å². The largest absolute Gasteiger partial charge is 0.457 e. The van der Waals surface area contributed by atoms with Gasteiger partial charge < -0.3 is 19.3 Å². The van der Waals surface area contributed by atoms with E-state index in [1.807, 2.05) is 6.20 Å². The summed E-state index contributed by atoms with van der Waals surface area (Å²) in [4.78, 5) is 9.96. The zero-order valence-corrected chi connectivity index (χ0v) is 49.8. The summed E-state index contributed by atoms with van der Waals surface area (Å²) < 4.78 is 16.0. The molecule has 15 rings (SSSR count). The van der Waals surface area contributed by atoms with Gasteiger partial charge in [0.2, 0.25) is 0 Å². The number of pyridine rings is 1. The van der Waals surface area contributed by atoms with Crippen molar-refractivity contribution >= 4 is 44.6 Å². The highest BCUT2D eigenvalue weighted by Gasteiger charge is 2.52. The Labute approximate surface area is 499 Å². The molecule has 2 aromatic heterocycles. The third-order valence-corrected chi connectivity index (χ3v) is 18.0. The van der Waals surface area contributed by atoms with Crippen LogP contribution in [0.5, 0.6) is 23.0 Å². The van der Waals surface area contributed by atoms with Gasteiger partial charge in [0.1, 0.15) is 35.5 Å². The Hall–Kier alpha value is -9.65. The third-order valence-electron chi connectivity index (χ3n) is 18.0. The van der Waals surface area contributed by atoms with E-state index >= 15 is 0 Å². The highest BCUT2D eigenvalue weighted by Crippen LogP contribution is 2.64. The lowest BCUT2D eigenvalue weighted by Gasteiger charge is -2.39. The molecule has 0 radical (unpaired) electrons. The molecule has 0 amide bonds. The number of para-hydroxylation sites is 6. The lowest BCUT2D eigenvalue weighted by Crippen LogP contribution is -2.32. The Kier molecular flexibility index (Phi) is 11.8. The molecule has 3 aliphatic rings. The van der Waals surface area contributed by atoms with E-state index in [2.05, 4.69) is 307 Å². The van der Waals surface area contributed by atoms with Gasteiger partial charge in [-0.3, -0.25) is 4.57 Å². The number of ether oxygens (including phenoxy) is 2. The molecule has 0 atom stereocenters. The summed E-state index contributed by atoms with van der Waals surface area (Å²) in [5.74, 6) is 4.16. The molecular weight excluding hydrogens is 1040 g/mol. The Morgan fingerprint density at radius 2 is 0.988 bits per heavy atom. The first-order valence-electron chi connectivity index (χ1n) is 29.9. The van der Waals surface area contributed by atoms with E-state index in [1.165, 1.54) is 61.0 Å². The topological polar surface area (TPSA) is 42.8 Å². The molecule has 10 aromatic carbocycles. The van der Waals surface area contributed by atoms with Crippen LogP contribution in [0.15, 0.2) is 237 Å². The predicted octanol–water partition coefficient (Wildman–Crippen LogP) is 20.9. The summed E-state index contributed by atoms with van der Waals surface area (Å²) in [6.45, 7) is 21.3. The summed E-state index contributed by atoms with van der Waals surface area (Å²) in [5, 5.41) is 2.32. The Bertz CT molecular complexity index is 4600. The van der Waals surface area contributed by atoms with Crippen molar-refractivity contribution in [2.75, 3.05) is 16.5 Å². The quantitative estimate of drug-likeness (QED) is 0.159. The Morgan fingerprint density at radius 3 is 1.72 bits per heavy atom. The van der Waals surface area contributed by atoms with Crippen LogP contribution in [0.4, 0.5) is 22.7 Å². The van der Waals surface area contributed by atoms with Crippen molar-refractivity contribution in [2.24, 2.45) is 0 Å². The standard InChI is InChI=1S/C79H68N4O2/c1-76(2,3)51-41-42-80-73(46-51)83-67-34-15-11-25-58(67)59-40-39-56(48-70(59)83)84-55-24-20-23-54(47-55)81-49-82(69-36-17-16-35-68(69)81)75-57(50-43-52(77(4,5)6)45-53(44-50)78(7,8)9)27-21-29-61(75)60-28-22-33-66-74(60)62-26-10-12-30-63(62)79(66)64-31-13-18-37-71(64)85-72-38-19-14-32-65(72)79/h10-48H,49H2,1-9H3. The monoisotopic (exact) mass is 1100 g/mol. The molecule has 85 heavy (non-hydrogen) atoms. The fraction of sp³-hybridized carbons (Fsp3) is 0.177. The van der Waals surface area contributed by atoms with Crippen molar-refractivity contribution in [2.45, 2.75) is 84.0 Å². The molecule has 0 unspecified atom stereocenters. The number of benzene rings is 10. The van der Waals surface area contributed by atoms with Crippen LogP contribution in [0.2, 0.25) is 0 Å². The summed E-state index contributed by atoms with van der Waals surface area (Å²) >= 11 is 0. The van der Waals surface area contributed by atoms with Crippen molar-refractivity contribution in [3.8, 4) is 62.2 Å². The van der Waals surface area contributed by atoms with Crippen LogP contribution in [0.25, 0.3) is 61.0 Å². The number of hydrogen-bond donors (Lipinski definition) is 0. The van der Waals surface area contributed by atoms with Gasteiger partial charge in [0.15, 0.2) is 0 Å². The van der Waals surface area contributed by atoms with Gasteiger partial charge in [-0.2, -0.15) is 0 Å². The molecule has 12 aromatic rings. The van der Waals surface area contributed by atoms with Gasteiger partial charge >= 0.3 is 0 Å². The van der Waals surface area contributed by atoms with Gasteiger partial charge in [-0.1, -0.05) is 214 Å². The van der Waals surface area contributed by atoms with Gasteiger partial charge in [0.25, 0.3) is 0 Å². The third kappa shape index (κ3) is 8.31. The highest BCUT2D eigenvalue weighted by molar-refractivity contribution is 6.10. The van der Waals surface area contributed by atoms with Crippen molar-refractivity contribution in [3.05, 3.63) is 276 Å². The van der Waals surface area contributed by atoms with Gasteiger partial charge in [-0.25, -0.2) is 4.98 Å². The number of anilines is 4. The average Bonchev–Trinajstić information content (AvgIpc) is 1.62. The second-order valence-electron chi connectivity index (χ2n) is 26.4. The summed E-state index contributed by atoms with van der Waals surface area (Å²) in [5.41, 5.74) is 21.6. The molecular formula is C79H68N4O2. The summed E-state index contributed by atoms with van der Waals surface area (Å²) in [6.07, 6.45) is 1.93. The molecule has 0 fully saturated rings. The van der Waals surface area contributed by atoms with Crippen LogP contribution in [-0.2, 0) is 21.7 Å². The fourth-order valence-electron chi connectivity index (χ4n) is 13.8. The molecule has 2 aliphatic heterocycles. The van der Waals surface area contributed by atoms with Crippen LogP contribution in [0.3, 0.4) is 0 Å². The predicted molar refractivity (Wildman–Crippen MR) is 351 cm³/mol. The SMILES string of the molecule is CC(C)(C)c1cc(-c2cccc(-c3cccc4c3-c3ccccc3C43c4ccccc4Oc4ccccc43)c2N2CN(c3cccc(Oc4ccc5c6ccccc6n(-c6cc(C(C)(C)C)ccn6)c5c4)c3)c3ccccc32)cc(C(C)(C)C)c1. The van der Waals surface area contributed by atoms with Gasteiger partial charge in [-0.05, 0) is 133 Å². The van der Waals surface area contributed by atoms with Crippen molar-refractivity contribution < 1.29 is 9.47 Å². The molecule has 0 N–H and O–H groups in total. The van der Waals surface area contributed by atoms with Gasteiger partial charge in [0, 0.05) is 57.0 Å². The summed E-state index contributed by atoms with van der Waals surface area (Å²) in [7, 11) is 0. The highest BCUT2D eigenvalue weighted by atomic mass is 16.5. The molecule has 0 saturated heterocycles. The van der Waals surface area contributed by atoms with E-state index in [9.17, 15) is 0 Å². The minimum absolute atomic E-state index is 0.0336. The van der Waals surface area contributed by atoms with E-state index in [4.69, 9.17) is 14.5 Å². The fourth-order valence-corrected chi connectivity index (χ4v) is 13.8. The first kappa shape index (κ1) is 52.2. The molecule has 1 spiro atoms. The zero-order valence-electron chi connectivity index (χ0n) is 49.8. The van der Waals surface area contributed by atoms with Crippen LogP contribution >= 0.6 is 0 Å². The summed E-state index contributed by atoms with van der Waals surface area (Å²) in [6, 6.07) is 84.5. The van der Waals surface area contributed by atoms with E-state index < -0.39 is 5.41 Å². The Balaban J connectivity index is 0.895.